The van der Waals surface area contributed by atoms with E-state index in [1.807, 2.05) is 0 Å². The lowest BCUT2D eigenvalue weighted by atomic mass is 9.68. The smallest absolute Gasteiger partial charge is 0.0757 e. The molecule has 6 rings (SSSR count). The third-order valence-corrected chi connectivity index (χ3v) is 15.0. The van der Waals surface area contributed by atoms with Gasteiger partial charge >= 0.3 is 0 Å². The van der Waals surface area contributed by atoms with Gasteiger partial charge < -0.3 is 0 Å². The lowest BCUT2D eigenvalue weighted by Crippen LogP contribution is -2.51. The zero-order chi connectivity index (χ0) is 24.3. The van der Waals surface area contributed by atoms with Crippen molar-refractivity contribution in [2.75, 3.05) is 34.5 Å². The highest BCUT2D eigenvalue weighted by molar-refractivity contribution is 8.03. The van der Waals surface area contributed by atoms with Gasteiger partial charge in [-0.2, -0.15) is 37.9 Å². The Labute approximate surface area is 238 Å². The molecule has 0 radical (unpaired) electrons. The van der Waals surface area contributed by atoms with Crippen LogP contribution >= 0.6 is 73.2 Å². The molecule has 0 amide bonds. The number of hydrogen-bond acceptors (Lipinski definition) is 6. The fourth-order valence-corrected chi connectivity index (χ4v) is 13.6. The van der Waals surface area contributed by atoms with E-state index in [2.05, 4.69) is 115 Å². The molecule has 0 N–H and O–H groups in total. The second kappa shape index (κ2) is 9.20. The van der Waals surface area contributed by atoms with E-state index in [1.165, 1.54) is 33.4 Å². The molecule has 0 atom stereocenters. The minimum absolute atomic E-state index is 0.112. The summed E-state index contributed by atoms with van der Waals surface area (Å²) in [4.78, 5) is 0. The van der Waals surface area contributed by atoms with Gasteiger partial charge in [0.1, 0.15) is 0 Å². The predicted octanol–water partition coefficient (Wildman–Crippen LogP) is 7.75. The summed E-state index contributed by atoms with van der Waals surface area (Å²) in [6, 6.07) is 28.0. The van der Waals surface area contributed by atoms with Crippen LogP contribution in [0.5, 0.6) is 0 Å². The number of fused-ring (bicyclic) bond motifs is 9. The summed E-state index contributed by atoms with van der Waals surface area (Å²) in [5, 5.41) is 0. The summed E-state index contributed by atoms with van der Waals surface area (Å²) in [5.41, 5.74) is 8.87. The van der Waals surface area contributed by atoms with Gasteiger partial charge in [-0.15, -0.1) is 35.3 Å². The van der Waals surface area contributed by atoms with Crippen LogP contribution < -0.4 is 0 Å². The van der Waals surface area contributed by atoms with E-state index in [0.29, 0.717) is 0 Å². The molecule has 0 unspecified atom stereocenters. The van der Waals surface area contributed by atoms with E-state index in [1.54, 1.807) is 0 Å². The van der Waals surface area contributed by atoms with Crippen LogP contribution in [0.15, 0.2) is 72.8 Å². The second-order valence-electron chi connectivity index (χ2n) is 9.52. The highest BCUT2D eigenvalue weighted by Gasteiger charge is 2.84. The van der Waals surface area contributed by atoms with Gasteiger partial charge in [-0.3, -0.25) is 0 Å². The van der Waals surface area contributed by atoms with E-state index in [-0.39, 0.29) is 19.7 Å². The minimum atomic E-state index is -0.158. The van der Waals surface area contributed by atoms with Crippen LogP contribution in [0.1, 0.15) is 40.3 Å². The Kier molecular flexibility index (Phi) is 6.59. The molecule has 3 aliphatic rings. The Morgan fingerprint density at radius 2 is 0.714 bits per heavy atom. The number of thioether (sulfide) groups is 3. The Hall–Kier alpha value is -0.240. The molecule has 3 aliphatic carbocycles. The third kappa shape index (κ3) is 2.78. The van der Waals surface area contributed by atoms with E-state index in [0.717, 1.165) is 34.5 Å². The number of hydrogen-bond donors (Lipinski definition) is 3. The summed E-state index contributed by atoms with van der Waals surface area (Å²) >= 11 is 20.5. The third-order valence-electron chi connectivity index (χ3n) is 8.40. The van der Waals surface area contributed by atoms with Gasteiger partial charge in [0.2, 0.25) is 0 Å². The quantitative estimate of drug-likeness (QED) is 0.225. The molecule has 0 heterocycles. The average Bonchev–Trinajstić information content (AvgIpc) is 3.32. The molecule has 0 spiro atoms. The zero-order valence-electron chi connectivity index (χ0n) is 19.7. The fraction of sp³-hybridized carbons (Fsp3) is 0.379. The molecule has 0 nitrogen and oxygen atoms in total. The highest BCUT2D eigenvalue weighted by atomic mass is 32.2. The first-order valence-corrected chi connectivity index (χ1v) is 17.0. The van der Waals surface area contributed by atoms with Gasteiger partial charge in [0.25, 0.3) is 0 Å². The van der Waals surface area contributed by atoms with Crippen molar-refractivity contribution in [3.8, 4) is 0 Å². The normalized spacial score (nSPS) is 31.2. The first kappa shape index (κ1) is 25.1. The van der Waals surface area contributed by atoms with Crippen molar-refractivity contribution in [1.82, 2.24) is 0 Å². The van der Waals surface area contributed by atoms with Crippen LogP contribution in [0.4, 0.5) is 0 Å². The molecular formula is C29H30S6. The van der Waals surface area contributed by atoms with E-state index >= 15 is 0 Å². The van der Waals surface area contributed by atoms with Crippen molar-refractivity contribution in [3.63, 3.8) is 0 Å². The Balaban J connectivity index is 1.83. The van der Waals surface area contributed by atoms with Crippen LogP contribution in [0.3, 0.4) is 0 Å². The number of rotatable bonds is 9. The molecule has 0 fully saturated rings. The lowest BCUT2D eigenvalue weighted by molar-refractivity contribution is 0.224. The second-order valence-corrected chi connectivity index (χ2v) is 14.8. The molecule has 0 saturated heterocycles. The largest absolute Gasteiger partial charge is 0.179 e. The summed E-state index contributed by atoms with van der Waals surface area (Å²) in [7, 11) is 0. The monoisotopic (exact) mass is 570 g/mol. The SMILES string of the molecule is CC12C3(SCCS)c4ccccc4C1(SCCS)c1ccccc1C2(SCCS)c1ccccc13. The van der Waals surface area contributed by atoms with Crippen LogP contribution in [-0.4, -0.2) is 34.5 Å². The van der Waals surface area contributed by atoms with Crippen LogP contribution in [0, 0.1) is 5.41 Å². The molecule has 0 saturated carbocycles. The number of thiol groups is 3. The summed E-state index contributed by atoms with van der Waals surface area (Å²) < 4.78 is -0.473. The minimum Gasteiger partial charge on any atom is -0.179 e. The van der Waals surface area contributed by atoms with Gasteiger partial charge in [-0.1, -0.05) is 79.7 Å². The van der Waals surface area contributed by atoms with Crippen molar-refractivity contribution in [2.45, 2.75) is 21.2 Å². The van der Waals surface area contributed by atoms with Crippen molar-refractivity contribution in [2.24, 2.45) is 5.41 Å². The molecular weight excluding hydrogens is 541 g/mol. The van der Waals surface area contributed by atoms with Crippen molar-refractivity contribution in [3.05, 3.63) is 106 Å². The summed E-state index contributed by atoms with van der Waals surface area (Å²) in [6.45, 7) is 2.62. The van der Waals surface area contributed by atoms with Gasteiger partial charge in [-0.25, -0.2) is 0 Å². The Morgan fingerprint density at radius 3 is 0.914 bits per heavy atom. The maximum Gasteiger partial charge on any atom is 0.0757 e. The molecule has 0 aliphatic heterocycles. The van der Waals surface area contributed by atoms with Crippen molar-refractivity contribution < 1.29 is 0 Å². The lowest BCUT2D eigenvalue weighted by Gasteiger charge is -2.51. The summed E-state index contributed by atoms with van der Waals surface area (Å²) in [5.74, 6) is 5.64. The molecule has 6 heteroatoms. The molecule has 0 aromatic heterocycles. The van der Waals surface area contributed by atoms with Crippen LogP contribution in [-0.2, 0) is 14.2 Å². The Morgan fingerprint density at radius 1 is 0.486 bits per heavy atom. The van der Waals surface area contributed by atoms with E-state index in [9.17, 15) is 0 Å². The van der Waals surface area contributed by atoms with Gasteiger partial charge in [0.05, 0.1) is 14.2 Å². The molecule has 0 bridgehead atoms. The van der Waals surface area contributed by atoms with Gasteiger partial charge in [0.15, 0.2) is 0 Å². The topological polar surface area (TPSA) is 0 Å². The highest BCUT2D eigenvalue weighted by Crippen LogP contribution is 2.88. The fourth-order valence-electron chi connectivity index (χ4n) is 7.58. The maximum atomic E-state index is 4.70. The molecule has 182 valence electrons. The average molecular weight is 571 g/mol. The molecule has 3 aromatic carbocycles. The summed E-state index contributed by atoms with van der Waals surface area (Å²) in [6.07, 6.45) is 0. The predicted molar refractivity (Wildman–Crippen MR) is 169 cm³/mol. The van der Waals surface area contributed by atoms with Crippen LogP contribution in [0.2, 0.25) is 0 Å². The maximum absolute atomic E-state index is 4.70. The van der Waals surface area contributed by atoms with Gasteiger partial charge in [0, 0.05) is 22.7 Å². The first-order valence-electron chi connectivity index (χ1n) is 12.2. The van der Waals surface area contributed by atoms with Crippen molar-refractivity contribution in [1.29, 1.82) is 0 Å². The first-order chi connectivity index (χ1) is 17.1. The van der Waals surface area contributed by atoms with Crippen molar-refractivity contribution >= 4 is 73.2 Å². The standard InChI is InChI=1S/C29H30S6/c1-26-27(33-17-14-30)20-8-2-3-9-21(20)28(26,34-18-15-31)24-12-6-7-13-25(24)29(26,35-19-16-32)23-11-5-4-10-22(23)27/h2-13,30-32H,14-19H2,1H3. The van der Waals surface area contributed by atoms with Crippen LogP contribution in [0.25, 0.3) is 0 Å². The Bertz CT molecular complexity index is 1040. The molecule has 35 heavy (non-hydrogen) atoms. The van der Waals surface area contributed by atoms with Gasteiger partial charge in [-0.05, 0) is 50.6 Å². The zero-order valence-corrected chi connectivity index (χ0v) is 24.9. The number of benzene rings is 3. The van der Waals surface area contributed by atoms with E-state index in [4.69, 9.17) is 37.9 Å². The van der Waals surface area contributed by atoms with E-state index < -0.39 is 0 Å². The molecule has 3 aromatic rings.